The van der Waals surface area contributed by atoms with Gasteiger partial charge < -0.3 is 15.2 Å². The maximum Gasteiger partial charge on any atom is 0.191 e. The van der Waals surface area contributed by atoms with Gasteiger partial charge in [-0.15, -0.1) is 34.2 Å². The Morgan fingerprint density at radius 2 is 2.08 bits per heavy atom. The summed E-state index contributed by atoms with van der Waals surface area (Å²) in [5.74, 6) is 1.56. The van der Waals surface area contributed by atoms with Crippen molar-refractivity contribution in [3.05, 3.63) is 47.8 Å². The van der Waals surface area contributed by atoms with Crippen molar-refractivity contribution in [3.63, 3.8) is 0 Å². The molecule has 0 amide bonds. The van der Waals surface area contributed by atoms with Crippen LogP contribution in [0.15, 0.2) is 35.6 Å². The van der Waals surface area contributed by atoms with Crippen molar-refractivity contribution in [1.82, 2.24) is 25.4 Å². The van der Waals surface area contributed by atoms with Gasteiger partial charge in [-0.05, 0) is 30.5 Å². The van der Waals surface area contributed by atoms with Crippen LogP contribution in [0.5, 0.6) is 0 Å². The van der Waals surface area contributed by atoms with Gasteiger partial charge in [-0.25, -0.2) is 4.39 Å². The van der Waals surface area contributed by atoms with Gasteiger partial charge in [0.15, 0.2) is 5.96 Å². The molecule has 0 aliphatic rings. The lowest BCUT2D eigenvalue weighted by Gasteiger charge is -2.12. The largest absolute Gasteiger partial charge is 0.356 e. The lowest BCUT2D eigenvalue weighted by atomic mass is 10.1. The van der Waals surface area contributed by atoms with Crippen LogP contribution in [0.25, 0.3) is 0 Å². The van der Waals surface area contributed by atoms with Crippen molar-refractivity contribution in [2.45, 2.75) is 32.7 Å². The summed E-state index contributed by atoms with van der Waals surface area (Å²) in [5, 5.41) is 14.5. The SMILES string of the molecule is CCc1nncn1CCNC(=NC)NCCCc1cccc(F)c1.I. The van der Waals surface area contributed by atoms with Gasteiger partial charge in [0.2, 0.25) is 0 Å². The molecule has 0 bridgehead atoms. The second kappa shape index (κ2) is 11.8. The van der Waals surface area contributed by atoms with Crippen molar-refractivity contribution in [2.24, 2.45) is 4.99 Å². The predicted octanol–water partition coefficient (Wildman–Crippen LogP) is 2.40. The maximum absolute atomic E-state index is 13.1. The van der Waals surface area contributed by atoms with E-state index in [1.165, 1.54) is 6.07 Å². The Hall–Kier alpha value is -1.71. The molecule has 1 heterocycles. The topological polar surface area (TPSA) is 67.1 Å². The predicted molar refractivity (Wildman–Crippen MR) is 109 cm³/mol. The van der Waals surface area contributed by atoms with E-state index in [1.54, 1.807) is 25.5 Å². The highest BCUT2D eigenvalue weighted by Gasteiger charge is 2.02. The van der Waals surface area contributed by atoms with E-state index in [2.05, 4.69) is 32.7 Å². The van der Waals surface area contributed by atoms with Crippen molar-refractivity contribution < 1.29 is 4.39 Å². The third kappa shape index (κ3) is 7.37. The highest BCUT2D eigenvalue weighted by molar-refractivity contribution is 14.0. The zero-order chi connectivity index (χ0) is 17.2. The molecule has 0 atom stereocenters. The Labute approximate surface area is 165 Å². The molecule has 6 nitrogen and oxygen atoms in total. The second-order valence-corrected chi connectivity index (χ2v) is 5.45. The monoisotopic (exact) mass is 460 g/mol. The molecular formula is C17H26FIN6. The molecule has 2 aromatic rings. The number of guanidine groups is 1. The van der Waals surface area contributed by atoms with E-state index in [0.717, 1.165) is 56.2 Å². The fraction of sp³-hybridized carbons (Fsp3) is 0.471. The van der Waals surface area contributed by atoms with Crippen LogP contribution in [0.1, 0.15) is 24.7 Å². The van der Waals surface area contributed by atoms with Crippen molar-refractivity contribution in [1.29, 1.82) is 0 Å². The van der Waals surface area contributed by atoms with Crippen LogP contribution < -0.4 is 10.6 Å². The van der Waals surface area contributed by atoms with E-state index in [1.807, 2.05) is 10.6 Å². The molecular weight excluding hydrogens is 434 g/mol. The number of hydrogen-bond donors (Lipinski definition) is 2. The molecule has 0 aliphatic carbocycles. The lowest BCUT2D eigenvalue weighted by molar-refractivity contribution is 0.622. The van der Waals surface area contributed by atoms with Gasteiger partial charge in [-0.3, -0.25) is 4.99 Å². The van der Waals surface area contributed by atoms with Crippen molar-refractivity contribution in [2.75, 3.05) is 20.1 Å². The molecule has 0 spiro atoms. The van der Waals surface area contributed by atoms with Crippen LogP contribution in [0.3, 0.4) is 0 Å². The first kappa shape index (κ1) is 21.3. The highest BCUT2D eigenvalue weighted by atomic mass is 127. The van der Waals surface area contributed by atoms with Gasteiger partial charge in [0.25, 0.3) is 0 Å². The molecule has 8 heteroatoms. The summed E-state index contributed by atoms with van der Waals surface area (Å²) < 4.78 is 15.1. The number of nitrogens with zero attached hydrogens (tertiary/aromatic N) is 4. The van der Waals surface area contributed by atoms with Crippen LogP contribution in [-0.4, -0.2) is 40.9 Å². The highest BCUT2D eigenvalue weighted by Crippen LogP contribution is 2.05. The summed E-state index contributed by atoms with van der Waals surface area (Å²) in [5.41, 5.74) is 1.01. The third-order valence-electron chi connectivity index (χ3n) is 3.70. The minimum Gasteiger partial charge on any atom is -0.356 e. The van der Waals surface area contributed by atoms with E-state index in [9.17, 15) is 4.39 Å². The summed E-state index contributed by atoms with van der Waals surface area (Å²) in [6.07, 6.45) is 4.36. The van der Waals surface area contributed by atoms with Crippen LogP contribution in [0.2, 0.25) is 0 Å². The third-order valence-corrected chi connectivity index (χ3v) is 3.70. The van der Waals surface area contributed by atoms with E-state index >= 15 is 0 Å². The molecule has 2 N–H and O–H groups in total. The van der Waals surface area contributed by atoms with E-state index in [-0.39, 0.29) is 29.8 Å². The fourth-order valence-electron chi connectivity index (χ4n) is 2.45. The van der Waals surface area contributed by atoms with Gasteiger partial charge in [0, 0.05) is 33.1 Å². The average molecular weight is 460 g/mol. The summed E-state index contributed by atoms with van der Waals surface area (Å²) in [6.45, 7) is 4.38. The first-order chi connectivity index (χ1) is 11.7. The number of hydrogen-bond acceptors (Lipinski definition) is 3. The number of halogens is 2. The Morgan fingerprint density at radius 3 is 2.80 bits per heavy atom. The zero-order valence-electron chi connectivity index (χ0n) is 14.7. The van der Waals surface area contributed by atoms with Crippen molar-refractivity contribution >= 4 is 29.9 Å². The van der Waals surface area contributed by atoms with Gasteiger partial charge >= 0.3 is 0 Å². The standard InChI is InChI=1S/C17H25FN6.HI/c1-3-16-23-22-13-24(16)11-10-21-17(19-2)20-9-5-7-14-6-4-8-15(18)12-14;/h4,6,8,12-13H,3,5,7,9-11H2,1-2H3,(H2,19,20,21);1H. The Balaban J connectivity index is 0.00000312. The number of rotatable bonds is 8. The normalized spacial score (nSPS) is 11.1. The number of nitrogens with one attached hydrogen (secondary N) is 2. The minimum absolute atomic E-state index is 0. The zero-order valence-corrected chi connectivity index (χ0v) is 17.0. The van der Waals surface area contributed by atoms with Gasteiger partial charge in [-0.1, -0.05) is 19.1 Å². The van der Waals surface area contributed by atoms with E-state index in [4.69, 9.17) is 0 Å². The number of aromatic nitrogens is 3. The first-order valence-electron chi connectivity index (χ1n) is 8.28. The van der Waals surface area contributed by atoms with Crippen LogP contribution in [-0.2, 0) is 19.4 Å². The summed E-state index contributed by atoms with van der Waals surface area (Å²) in [7, 11) is 1.75. The molecule has 25 heavy (non-hydrogen) atoms. The maximum atomic E-state index is 13.1. The number of aliphatic imine (C=N–C) groups is 1. The molecule has 0 aliphatic heterocycles. The second-order valence-electron chi connectivity index (χ2n) is 5.45. The average Bonchev–Trinajstić information content (AvgIpc) is 3.04. The summed E-state index contributed by atoms with van der Waals surface area (Å²) in [6, 6.07) is 6.74. The molecule has 0 saturated heterocycles. The van der Waals surface area contributed by atoms with Crippen LogP contribution in [0, 0.1) is 5.82 Å². The molecule has 138 valence electrons. The summed E-state index contributed by atoms with van der Waals surface area (Å²) >= 11 is 0. The molecule has 0 radical (unpaired) electrons. The molecule has 2 rings (SSSR count). The minimum atomic E-state index is -0.182. The first-order valence-corrected chi connectivity index (χ1v) is 8.28. The molecule has 0 fully saturated rings. The van der Waals surface area contributed by atoms with Gasteiger partial charge in [-0.2, -0.15) is 0 Å². The quantitative estimate of drug-likeness (QED) is 0.275. The molecule has 0 unspecified atom stereocenters. The smallest absolute Gasteiger partial charge is 0.191 e. The molecule has 1 aromatic carbocycles. The van der Waals surface area contributed by atoms with Crippen LogP contribution >= 0.6 is 24.0 Å². The molecule has 0 saturated carbocycles. The van der Waals surface area contributed by atoms with Crippen molar-refractivity contribution in [3.8, 4) is 0 Å². The Kier molecular flexibility index (Phi) is 10.0. The summed E-state index contributed by atoms with van der Waals surface area (Å²) in [4.78, 5) is 4.20. The fourth-order valence-corrected chi connectivity index (χ4v) is 2.45. The Bertz CT molecular complexity index is 658. The van der Waals surface area contributed by atoms with E-state index < -0.39 is 0 Å². The van der Waals surface area contributed by atoms with Gasteiger partial charge in [0.05, 0.1) is 0 Å². The lowest BCUT2D eigenvalue weighted by Crippen LogP contribution is -2.39. The number of benzene rings is 1. The Morgan fingerprint density at radius 1 is 1.28 bits per heavy atom. The molecule has 1 aromatic heterocycles. The van der Waals surface area contributed by atoms with Crippen LogP contribution in [0.4, 0.5) is 4.39 Å². The van der Waals surface area contributed by atoms with E-state index in [0.29, 0.717) is 0 Å². The number of aryl methyl sites for hydroxylation is 2. The van der Waals surface area contributed by atoms with Gasteiger partial charge in [0.1, 0.15) is 18.0 Å².